The molecule has 0 radical (unpaired) electrons. The number of hydrogen-bond donors (Lipinski definition) is 1. The van der Waals surface area contributed by atoms with Crippen LogP contribution in [0, 0.1) is 0 Å². The third-order valence-corrected chi connectivity index (χ3v) is 1.56. The molecule has 0 unspecified atom stereocenters. The van der Waals surface area contributed by atoms with Gasteiger partial charge in [-0.05, 0) is 12.1 Å². The van der Waals surface area contributed by atoms with Crippen LogP contribution in [0.3, 0.4) is 0 Å². The average Bonchev–Trinajstić information content (AvgIpc) is 2.06. The Morgan fingerprint density at radius 3 is 3.08 bits per heavy atom. The molecule has 0 aliphatic carbocycles. The zero-order chi connectivity index (χ0) is 8.81. The van der Waals surface area contributed by atoms with Crippen LogP contribution < -0.4 is 5.32 Å². The Labute approximate surface area is 78.5 Å². The van der Waals surface area contributed by atoms with Gasteiger partial charge in [0.15, 0.2) is 5.82 Å². The zero-order valence-corrected chi connectivity index (χ0v) is 7.91. The fraction of sp³-hybridized carbons (Fsp3) is 0.286. The first-order valence-corrected chi connectivity index (χ1v) is 4.58. The first kappa shape index (κ1) is 9.12. The molecule has 0 aliphatic rings. The van der Waals surface area contributed by atoms with Crippen molar-refractivity contribution in [2.45, 2.75) is 6.42 Å². The highest BCUT2D eigenvalue weighted by molar-refractivity contribution is 9.09. The van der Waals surface area contributed by atoms with Crippen LogP contribution in [0.2, 0.25) is 0 Å². The number of alkyl halides is 1. The number of amides is 1. The highest BCUT2D eigenvalue weighted by Crippen LogP contribution is 1.99. The fourth-order valence-corrected chi connectivity index (χ4v) is 1.02. The van der Waals surface area contributed by atoms with Crippen LogP contribution in [0.5, 0.6) is 0 Å². The lowest BCUT2D eigenvalue weighted by atomic mass is 10.4. The van der Waals surface area contributed by atoms with Crippen molar-refractivity contribution in [3.05, 3.63) is 18.3 Å². The van der Waals surface area contributed by atoms with E-state index in [0.29, 0.717) is 17.6 Å². The number of carbonyl (C=O) groups excluding carboxylic acids is 1. The van der Waals surface area contributed by atoms with Crippen molar-refractivity contribution in [2.75, 3.05) is 10.6 Å². The van der Waals surface area contributed by atoms with E-state index in [1.807, 2.05) is 0 Å². The number of hydrogen-bond acceptors (Lipinski definition) is 3. The first-order valence-electron chi connectivity index (χ1n) is 3.46. The Kier molecular flexibility index (Phi) is 3.66. The van der Waals surface area contributed by atoms with Crippen LogP contribution in [-0.2, 0) is 4.79 Å². The smallest absolute Gasteiger partial charge is 0.226 e. The summed E-state index contributed by atoms with van der Waals surface area (Å²) in [5.41, 5.74) is 0. The second-order valence-corrected chi connectivity index (χ2v) is 2.89. The molecule has 12 heavy (non-hydrogen) atoms. The average molecular weight is 230 g/mol. The molecular formula is C7H8BrN3O. The van der Waals surface area contributed by atoms with Gasteiger partial charge in [-0.15, -0.1) is 5.10 Å². The van der Waals surface area contributed by atoms with Crippen molar-refractivity contribution in [2.24, 2.45) is 0 Å². The number of carbonyl (C=O) groups is 1. The molecule has 0 spiro atoms. The SMILES string of the molecule is O=C(CCBr)Nc1cccnn1. The first-order chi connectivity index (χ1) is 5.83. The third-order valence-electron chi connectivity index (χ3n) is 1.16. The number of halogens is 1. The van der Waals surface area contributed by atoms with Crippen molar-refractivity contribution in [1.29, 1.82) is 0 Å². The van der Waals surface area contributed by atoms with Crippen molar-refractivity contribution in [3.63, 3.8) is 0 Å². The maximum absolute atomic E-state index is 11.0. The summed E-state index contributed by atoms with van der Waals surface area (Å²) in [6.07, 6.45) is 2.00. The highest BCUT2D eigenvalue weighted by Gasteiger charge is 2.00. The lowest BCUT2D eigenvalue weighted by Crippen LogP contribution is -2.12. The van der Waals surface area contributed by atoms with Gasteiger partial charge in [-0.1, -0.05) is 15.9 Å². The summed E-state index contributed by atoms with van der Waals surface area (Å²) in [4.78, 5) is 11.0. The molecule has 0 bridgehead atoms. The lowest BCUT2D eigenvalue weighted by Gasteiger charge is -1.99. The molecule has 1 amide bonds. The van der Waals surface area contributed by atoms with Gasteiger partial charge in [-0.2, -0.15) is 5.10 Å². The van der Waals surface area contributed by atoms with E-state index in [2.05, 4.69) is 31.4 Å². The quantitative estimate of drug-likeness (QED) is 0.793. The maximum atomic E-state index is 11.0. The minimum absolute atomic E-state index is 0.0626. The van der Waals surface area contributed by atoms with Crippen molar-refractivity contribution < 1.29 is 4.79 Å². The van der Waals surface area contributed by atoms with Gasteiger partial charge in [-0.25, -0.2) is 0 Å². The molecule has 1 N–H and O–H groups in total. The van der Waals surface area contributed by atoms with Crippen molar-refractivity contribution in [1.82, 2.24) is 10.2 Å². The molecule has 1 heterocycles. The van der Waals surface area contributed by atoms with E-state index in [9.17, 15) is 4.79 Å². The second-order valence-electron chi connectivity index (χ2n) is 2.10. The summed E-state index contributed by atoms with van der Waals surface area (Å²) in [6.45, 7) is 0. The van der Waals surface area contributed by atoms with Gasteiger partial charge in [0.1, 0.15) is 0 Å². The van der Waals surface area contributed by atoms with E-state index in [0.717, 1.165) is 0 Å². The molecular weight excluding hydrogens is 222 g/mol. The van der Waals surface area contributed by atoms with Crippen LogP contribution in [-0.4, -0.2) is 21.4 Å². The summed E-state index contributed by atoms with van der Waals surface area (Å²) >= 11 is 3.17. The predicted octanol–water partition coefficient (Wildman–Crippen LogP) is 1.20. The summed E-state index contributed by atoms with van der Waals surface area (Å²) in [5, 5.41) is 10.6. The summed E-state index contributed by atoms with van der Waals surface area (Å²) in [7, 11) is 0. The molecule has 64 valence electrons. The Hall–Kier alpha value is -0.970. The van der Waals surface area contributed by atoms with E-state index in [4.69, 9.17) is 0 Å². The normalized spacial score (nSPS) is 9.42. The van der Waals surface area contributed by atoms with Crippen LogP contribution in [0.1, 0.15) is 6.42 Å². The Morgan fingerprint density at radius 2 is 2.50 bits per heavy atom. The molecule has 4 nitrogen and oxygen atoms in total. The Morgan fingerprint density at radius 1 is 1.67 bits per heavy atom. The predicted molar refractivity (Wildman–Crippen MR) is 49.1 cm³/mol. The van der Waals surface area contributed by atoms with Gasteiger partial charge >= 0.3 is 0 Å². The van der Waals surface area contributed by atoms with Gasteiger partial charge in [0.05, 0.1) is 0 Å². The van der Waals surface area contributed by atoms with E-state index < -0.39 is 0 Å². The van der Waals surface area contributed by atoms with Gasteiger partial charge in [0.25, 0.3) is 0 Å². The third kappa shape index (κ3) is 2.96. The van der Waals surface area contributed by atoms with E-state index >= 15 is 0 Å². The molecule has 5 heteroatoms. The number of anilines is 1. The minimum Gasteiger partial charge on any atom is -0.309 e. The molecule has 0 aromatic carbocycles. The number of nitrogens with one attached hydrogen (secondary N) is 1. The van der Waals surface area contributed by atoms with E-state index in [1.165, 1.54) is 0 Å². The maximum Gasteiger partial charge on any atom is 0.226 e. The molecule has 0 atom stereocenters. The fourth-order valence-electron chi connectivity index (χ4n) is 0.659. The standard InChI is InChI=1S/C7H8BrN3O/c8-4-3-7(12)10-6-2-1-5-9-11-6/h1-2,5H,3-4H2,(H,10,11,12). The number of aromatic nitrogens is 2. The molecule has 1 rings (SSSR count). The lowest BCUT2D eigenvalue weighted by molar-refractivity contribution is -0.115. The molecule has 0 aliphatic heterocycles. The largest absolute Gasteiger partial charge is 0.309 e. The highest BCUT2D eigenvalue weighted by atomic mass is 79.9. The van der Waals surface area contributed by atoms with E-state index in [-0.39, 0.29) is 5.91 Å². The van der Waals surface area contributed by atoms with Gasteiger partial charge in [0, 0.05) is 17.9 Å². The number of rotatable bonds is 3. The zero-order valence-electron chi connectivity index (χ0n) is 6.33. The molecule has 0 saturated heterocycles. The van der Waals surface area contributed by atoms with Crippen molar-refractivity contribution >= 4 is 27.7 Å². The monoisotopic (exact) mass is 229 g/mol. The van der Waals surface area contributed by atoms with Gasteiger partial charge < -0.3 is 5.32 Å². The van der Waals surface area contributed by atoms with Gasteiger partial charge in [0.2, 0.25) is 5.91 Å². The Balaban J connectivity index is 2.47. The minimum atomic E-state index is -0.0626. The van der Waals surface area contributed by atoms with Crippen molar-refractivity contribution in [3.8, 4) is 0 Å². The summed E-state index contributed by atoms with van der Waals surface area (Å²) < 4.78 is 0. The summed E-state index contributed by atoms with van der Waals surface area (Å²) in [5.74, 6) is 0.427. The second kappa shape index (κ2) is 4.82. The molecule has 0 saturated carbocycles. The van der Waals surface area contributed by atoms with Crippen LogP contribution >= 0.6 is 15.9 Å². The van der Waals surface area contributed by atoms with E-state index in [1.54, 1.807) is 18.3 Å². The van der Waals surface area contributed by atoms with Crippen LogP contribution in [0.25, 0.3) is 0 Å². The van der Waals surface area contributed by atoms with Gasteiger partial charge in [-0.3, -0.25) is 4.79 Å². The molecule has 0 fully saturated rings. The summed E-state index contributed by atoms with van der Waals surface area (Å²) in [6, 6.07) is 3.41. The number of nitrogens with zero attached hydrogens (tertiary/aromatic N) is 2. The van der Waals surface area contributed by atoms with Crippen LogP contribution in [0.4, 0.5) is 5.82 Å². The molecule has 1 aromatic heterocycles. The topological polar surface area (TPSA) is 54.9 Å². The van der Waals surface area contributed by atoms with Crippen LogP contribution in [0.15, 0.2) is 18.3 Å². The molecule has 1 aromatic rings. The Bertz CT molecular complexity index is 252.